The van der Waals surface area contributed by atoms with Crippen molar-refractivity contribution in [2.45, 2.75) is 20.0 Å². The summed E-state index contributed by atoms with van der Waals surface area (Å²) in [5.74, 6) is 0. The fraction of sp³-hybridized carbons (Fsp3) is 0.273. The van der Waals surface area contributed by atoms with Gasteiger partial charge in [0.25, 0.3) is 0 Å². The van der Waals surface area contributed by atoms with Gasteiger partial charge in [0.1, 0.15) is 0 Å². The fourth-order valence-electron chi connectivity index (χ4n) is 1.43. The third kappa shape index (κ3) is 2.02. The van der Waals surface area contributed by atoms with Gasteiger partial charge in [-0.2, -0.15) is 0 Å². The summed E-state index contributed by atoms with van der Waals surface area (Å²) in [6, 6.07) is 0. The minimum atomic E-state index is 0.224. The van der Waals surface area contributed by atoms with Gasteiger partial charge in [0.15, 0.2) is 0 Å². The normalized spacial score (nSPS) is 28.5. The van der Waals surface area contributed by atoms with Crippen molar-refractivity contribution in [3.8, 4) is 0 Å². The van der Waals surface area contributed by atoms with Crippen LogP contribution in [0.25, 0.3) is 0 Å². The lowest BCUT2D eigenvalue weighted by molar-refractivity contribution is 0.523. The van der Waals surface area contributed by atoms with E-state index in [4.69, 9.17) is 0 Å². The number of rotatable bonds is 1. The van der Waals surface area contributed by atoms with E-state index >= 15 is 0 Å². The van der Waals surface area contributed by atoms with Crippen molar-refractivity contribution in [1.29, 1.82) is 0 Å². The molecule has 2 N–H and O–H groups in total. The first-order valence-corrected chi connectivity index (χ1v) is 4.40. The minimum absolute atomic E-state index is 0.224. The second-order valence-electron chi connectivity index (χ2n) is 3.01. The number of hydrogen-bond acceptors (Lipinski definition) is 2. The van der Waals surface area contributed by atoms with Crippen LogP contribution in [-0.4, -0.2) is 6.17 Å². The van der Waals surface area contributed by atoms with Crippen molar-refractivity contribution in [2.75, 3.05) is 0 Å². The van der Waals surface area contributed by atoms with Gasteiger partial charge in [0.2, 0.25) is 0 Å². The molecule has 0 aromatic carbocycles. The van der Waals surface area contributed by atoms with Gasteiger partial charge in [-0.05, 0) is 19.9 Å². The summed E-state index contributed by atoms with van der Waals surface area (Å²) in [7, 11) is 0. The molecule has 1 atom stereocenters. The molecule has 1 rings (SSSR count). The lowest BCUT2D eigenvalue weighted by atomic mass is 10.1. The Balaban J connectivity index is 2.98. The van der Waals surface area contributed by atoms with Crippen molar-refractivity contribution < 1.29 is 0 Å². The fourth-order valence-corrected chi connectivity index (χ4v) is 1.43. The average molecular weight is 176 g/mol. The molecule has 2 nitrogen and oxygen atoms in total. The topological polar surface area (TPSA) is 24.1 Å². The molecule has 0 bridgehead atoms. The predicted molar refractivity (Wildman–Crippen MR) is 56.9 cm³/mol. The van der Waals surface area contributed by atoms with Crippen molar-refractivity contribution in [2.24, 2.45) is 0 Å². The zero-order chi connectivity index (χ0) is 9.84. The predicted octanol–water partition coefficient (Wildman–Crippen LogP) is 2.06. The summed E-state index contributed by atoms with van der Waals surface area (Å²) in [5, 5.41) is 6.52. The average Bonchev–Trinajstić information content (AvgIpc) is 2.04. The summed E-state index contributed by atoms with van der Waals surface area (Å²) in [4.78, 5) is 0. The maximum absolute atomic E-state index is 3.95. The molecule has 1 heterocycles. The van der Waals surface area contributed by atoms with E-state index < -0.39 is 0 Å². The van der Waals surface area contributed by atoms with Gasteiger partial charge in [-0.15, -0.1) is 0 Å². The Morgan fingerprint density at radius 3 is 2.62 bits per heavy atom. The Morgan fingerprint density at radius 1 is 1.38 bits per heavy atom. The molecular weight excluding hydrogens is 160 g/mol. The zero-order valence-corrected chi connectivity index (χ0v) is 8.22. The molecule has 1 fully saturated rings. The lowest BCUT2D eigenvalue weighted by Crippen LogP contribution is -2.44. The number of nitrogens with one attached hydrogen (secondary N) is 2. The van der Waals surface area contributed by atoms with E-state index in [9.17, 15) is 0 Å². The SMILES string of the molecule is C=C/C=C1/NC(C)NC(=C)/C1=C/C. The third-order valence-corrected chi connectivity index (χ3v) is 1.95. The van der Waals surface area contributed by atoms with Gasteiger partial charge in [-0.3, -0.25) is 0 Å². The van der Waals surface area contributed by atoms with Crippen molar-refractivity contribution in [1.82, 2.24) is 10.6 Å². The van der Waals surface area contributed by atoms with Crippen LogP contribution in [-0.2, 0) is 0 Å². The Morgan fingerprint density at radius 2 is 2.08 bits per heavy atom. The van der Waals surface area contributed by atoms with Crippen LogP contribution in [0.5, 0.6) is 0 Å². The molecule has 2 heteroatoms. The molecule has 1 saturated heterocycles. The number of hydrogen-bond donors (Lipinski definition) is 2. The summed E-state index contributed by atoms with van der Waals surface area (Å²) in [6.07, 6.45) is 5.99. The third-order valence-electron chi connectivity index (χ3n) is 1.95. The first-order chi connectivity index (χ1) is 6.19. The van der Waals surface area contributed by atoms with Crippen molar-refractivity contribution in [3.05, 3.63) is 48.4 Å². The van der Waals surface area contributed by atoms with Crippen molar-refractivity contribution >= 4 is 0 Å². The summed E-state index contributed by atoms with van der Waals surface area (Å²) in [6.45, 7) is 11.7. The largest absolute Gasteiger partial charge is 0.366 e. The quantitative estimate of drug-likeness (QED) is 0.639. The van der Waals surface area contributed by atoms with E-state index in [0.717, 1.165) is 17.0 Å². The molecule has 0 radical (unpaired) electrons. The van der Waals surface area contributed by atoms with E-state index in [1.165, 1.54) is 0 Å². The molecule has 1 aliphatic heterocycles. The monoisotopic (exact) mass is 176 g/mol. The molecule has 1 unspecified atom stereocenters. The lowest BCUT2D eigenvalue weighted by Gasteiger charge is -2.30. The summed E-state index contributed by atoms with van der Waals surface area (Å²) >= 11 is 0. The first kappa shape index (κ1) is 9.65. The van der Waals surface area contributed by atoms with Crippen LogP contribution in [0.2, 0.25) is 0 Å². The van der Waals surface area contributed by atoms with Crippen LogP contribution >= 0.6 is 0 Å². The Labute approximate surface area is 79.7 Å². The Hall–Kier alpha value is -1.44. The van der Waals surface area contributed by atoms with Crippen LogP contribution in [0.15, 0.2) is 48.4 Å². The highest BCUT2D eigenvalue weighted by atomic mass is 15.2. The first-order valence-electron chi connectivity index (χ1n) is 4.40. The van der Waals surface area contributed by atoms with Gasteiger partial charge >= 0.3 is 0 Å². The van der Waals surface area contributed by atoms with Gasteiger partial charge < -0.3 is 10.6 Å². The van der Waals surface area contributed by atoms with E-state index in [2.05, 4.69) is 30.7 Å². The van der Waals surface area contributed by atoms with E-state index in [1.54, 1.807) is 6.08 Å². The standard InChI is InChI=1S/C11H16N2/c1-5-7-11-10(6-2)8(3)12-9(4)13-11/h5-7,9,12-13H,1,3H2,2,4H3/b10-6-,11-7+. The molecule has 0 aromatic rings. The maximum atomic E-state index is 3.95. The smallest absolute Gasteiger partial charge is 0.0934 e. The maximum Gasteiger partial charge on any atom is 0.0934 e. The van der Waals surface area contributed by atoms with Crippen LogP contribution in [0.1, 0.15) is 13.8 Å². The molecule has 0 amide bonds. The van der Waals surface area contributed by atoms with Crippen LogP contribution in [0.3, 0.4) is 0 Å². The molecule has 0 aromatic heterocycles. The highest BCUT2D eigenvalue weighted by molar-refractivity contribution is 5.47. The van der Waals surface area contributed by atoms with Gasteiger partial charge in [0, 0.05) is 17.0 Å². The van der Waals surface area contributed by atoms with Crippen LogP contribution < -0.4 is 10.6 Å². The van der Waals surface area contributed by atoms with Gasteiger partial charge in [-0.1, -0.05) is 25.3 Å². The highest BCUT2D eigenvalue weighted by Crippen LogP contribution is 2.18. The molecular formula is C11H16N2. The second-order valence-corrected chi connectivity index (χ2v) is 3.01. The number of allylic oxidation sites excluding steroid dienone is 3. The van der Waals surface area contributed by atoms with E-state index in [1.807, 2.05) is 19.1 Å². The van der Waals surface area contributed by atoms with Gasteiger partial charge in [-0.25, -0.2) is 0 Å². The van der Waals surface area contributed by atoms with Gasteiger partial charge in [0.05, 0.1) is 6.17 Å². The highest BCUT2D eigenvalue weighted by Gasteiger charge is 2.16. The Bertz CT molecular complexity index is 284. The minimum Gasteiger partial charge on any atom is -0.366 e. The van der Waals surface area contributed by atoms with E-state index in [0.29, 0.717) is 0 Å². The molecule has 1 aliphatic rings. The molecule has 0 spiro atoms. The van der Waals surface area contributed by atoms with Crippen molar-refractivity contribution in [3.63, 3.8) is 0 Å². The van der Waals surface area contributed by atoms with Crippen LogP contribution in [0.4, 0.5) is 0 Å². The second kappa shape index (κ2) is 3.99. The molecule has 70 valence electrons. The molecule has 13 heavy (non-hydrogen) atoms. The molecule has 0 saturated carbocycles. The Kier molecular flexibility index (Phi) is 2.96. The summed E-state index contributed by atoms with van der Waals surface area (Å²) < 4.78 is 0. The molecule has 0 aliphatic carbocycles. The summed E-state index contributed by atoms with van der Waals surface area (Å²) in [5.41, 5.74) is 3.15. The van der Waals surface area contributed by atoms with E-state index in [-0.39, 0.29) is 6.17 Å². The van der Waals surface area contributed by atoms with Crippen LogP contribution in [0, 0.1) is 0 Å². The zero-order valence-electron chi connectivity index (χ0n) is 8.22.